The highest BCUT2D eigenvalue weighted by Gasteiger charge is 2.30. The van der Waals surface area contributed by atoms with Crippen molar-refractivity contribution in [1.82, 2.24) is 10.2 Å². The van der Waals surface area contributed by atoms with Crippen LogP contribution in [0, 0.1) is 19.5 Å². The van der Waals surface area contributed by atoms with E-state index >= 15 is 0 Å². The first-order chi connectivity index (χ1) is 9.93. The lowest BCUT2D eigenvalue weighted by molar-refractivity contribution is -0.121. The Balaban J connectivity index is 2.33. The zero-order valence-corrected chi connectivity index (χ0v) is 15.3. The molecule has 0 bridgehead atoms. The Bertz CT molecular complexity index is 669. The smallest absolute Gasteiger partial charge is 0.328 e. The topological polar surface area (TPSA) is 58.6 Å². The third kappa shape index (κ3) is 3.49. The number of benzene rings is 1. The predicted molar refractivity (Wildman–Crippen MR) is 95.5 cm³/mol. The maximum atomic E-state index is 11.8. The number of nitrogens with zero attached hydrogens (tertiary/aromatic N) is 1. The van der Waals surface area contributed by atoms with Gasteiger partial charge in [0.05, 0.1) is 7.14 Å². The lowest BCUT2D eigenvalue weighted by atomic mass is 10.2. The van der Waals surface area contributed by atoms with Crippen LogP contribution in [0.1, 0.15) is 5.56 Å². The number of carbonyl (C=O) groups excluding carboxylic acids is 2. The Hall–Kier alpha value is -1.28. The van der Waals surface area contributed by atoms with Crippen LogP contribution in [0.15, 0.2) is 17.8 Å². The fourth-order valence-corrected chi connectivity index (χ4v) is 3.83. The summed E-state index contributed by atoms with van der Waals surface area (Å²) in [6, 6.07) is 3.29. The minimum atomic E-state index is -0.426. The Morgan fingerprint density at radius 3 is 2.48 bits per heavy atom. The van der Waals surface area contributed by atoms with Gasteiger partial charge in [0.1, 0.15) is 18.1 Å². The molecule has 0 atom stereocenters. The summed E-state index contributed by atoms with van der Waals surface area (Å²) >= 11 is 4.28. The van der Waals surface area contributed by atoms with Crippen molar-refractivity contribution in [2.24, 2.45) is 0 Å². The molecular formula is C14H10I2N2O3. The Morgan fingerprint density at radius 2 is 2.00 bits per heavy atom. The first-order valence-corrected chi connectivity index (χ1v) is 7.96. The van der Waals surface area contributed by atoms with Gasteiger partial charge in [-0.05, 0) is 69.0 Å². The summed E-state index contributed by atoms with van der Waals surface area (Å²) in [7, 11) is 1.43. The van der Waals surface area contributed by atoms with Crippen LogP contribution < -0.4 is 10.1 Å². The quantitative estimate of drug-likeness (QED) is 0.296. The van der Waals surface area contributed by atoms with Crippen molar-refractivity contribution in [2.45, 2.75) is 0 Å². The van der Waals surface area contributed by atoms with Gasteiger partial charge < -0.3 is 10.1 Å². The van der Waals surface area contributed by atoms with E-state index in [1.54, 1.807) is 6.08 Å². The Labute approximate surface area is 149 Å². The molecule has 1 aromatic carbocycles. The van der Waals surface area contributed by atoms with Gasteiger partial charge in [-0.25, -0.2) is 4.79 Å². The van der Waals surface area contributed by atoms with E-state index in [-0.39, 0.29) is 18.2 Å². The van der Waals surface area contributed by atoms with Crippen LogP contribution in [-0.4, -0.2) is 30.5 Å². The van der Waals surface area contributed by atoms with Gasteiger partial charge in [-0.3, -0.25) is 9.69 Å². The SMILES string of the molecule is C#CCOc1c(I)cc(/C=C2/NC(=O)N(C)C2=O)cc1I. The summed E-state index contributed by atoms with van der Waals surface area (Å²) in [6.45, 7) is 0.200. The molecule has 1 aliphatic rings. The molecule has 0 aromatic heterocycles. The van der Waals surface area contributed by atoms with E-state index in [9.17, 15) is 9.59 Å². The maximum Gasteiger partial charge on any atom is 0.328 e. The van der Waals surface area contributed by atoms with Gasteiger partial charge >= 0.3 is 6.03 Å². The van der Waals surface area contributed by atoms with Crippen LogP contribution in [0.3, 0.4) is 0 Å². The summed E-state index contributed by atoms with van der Waals surface area (Å²) in [5.41, 5.74) is 1.06. The number of hydrogen-bond acceptors (Lipinski definition) is 3. The number of hydrogen-bond donors (Lipinski definition) is 1. The lowest BCUT2D eigenvalue weighted by Crippen LogP contribution is -2.25. The van der Waals surface area contributed by atoms with E-state index in [4.69, 9.17) is 11.2 Å². The molecule has 2 rings (SSSR count). The largest absolute Gasteiger partial charge is 0.479 e. The zero-order chi connectivity index (χ0) is 15.6. The summed E-state index contributed by atoms with van der Waals surface area (Å²) in [5.74, 6) is 2.79. The minimum Gasteiger partial charge on any atom is -0.479 e. The lowest BCUT2D eigenvalue weighted by Gasteiger charge is -2.09. The van der Waals surface area contributed by atoms with Gasteiger partial charge in [0.25, 0.3) is 5.91 Å². The fourth-order valence-electron chi connectivity index (χ4n) is 1.70. The first kappa shape index (κ1) is 16.1. The molecule has 0 spiro atoms. The van der Waals surface area contributed by atoms with E-state index in [1.807, 2.05) is 12.1 Å². The molecule has 5 nitrogen and oxygen atoms in total. The molecule has 0 radical (unpaired) electrons. The number of imide groups is 1. The summed E-state index contributed by atoms with van der Waals surface area (Å²) in [4.78, 5) is 24.3. The standard InChI is InChI=1S/C14H10I2N2O3/c1-3-4-21-12-9(15)5-8(6-10(12)16)7-11-13(19)18(2)14(20)17-11/h1,5-7H,4H2,2H3,(H,17,20)/b11-7+. The molecular weight excluding hydrogens is 498 g/mol. The number of nitrogens with one attached hydrogen (secondary N) is 1. The van der Waals surface area contributed by atoms with Gasteiger partial charge in [-0.15, -0.1) is 6.42 Å². The van der Waals surface area contributed by atoms with Crippen molar-refractivity contribution in [3.8, 4) is 18.1 Å². The molecule has 0 saturated carbocycles. The van der Waals surface area contributed by atoms with Gasteiger partial charge in [0.15, 0.2) is 0 Å². The minimum absolute atomic E-state index is 0.200. The highest BCUT2D eigenvalue weighted by molar-refractivity contribution is 14.1. The molecule has 1 aliphatic heterocycles. The Kier molecular flexibility index (Phi) is 5.10. The number of likely N-dealkylation sites (N-methyl/N-ethyl adjacent to an activating group) is 1. The molecule has 3 amide bonds. The van der Waals surface area contributed by atoms with E-state index in [0.717, 1.165) is 23.4 Å². The Morgan fingerprint density at radius 1 is 1.38 bits per heavy atom. The second-order valence-electron chi connectivity index (χ2n) is 4.16. The average Bonchev–Trinajstić information content (AvgIpc) is 2.65. The second kappa shape index (κ2) is 6.65. The third-order valence-corrected chi connectivity index (χ3v) is 4.32. The predicted octanol–water partition coefficient (Wildman–Crippen LogP) is 2.43. The van der Waals surface area contributed by atoms with Crippen molar-refractivity contribution >= 4 is 63.2 Å². The number of urea groups is 1. The van der Waals surface area contributed by atoms with Crippen molar-refractivity contribution < 1.29 is 14.3 Å². The molecule has 0 unspecified atom stereocenters. The molecule has 21 heavy (non-hydrogen) atoms. The summed E-state index contributed by atoms with van der Waals surface area (Å²) in [5, 5.41) is 2.53. The number of carbonyl (C=O) groups is 2. The van der Waals surface area contributed by atoms with Gasteiger partial charge in [-0.2, -0.15) is 0 Å². The van der Waals surface area contributed by atoms with Crippen LogP contribution >= 0.6 is 45.2 Å². The van der Waals surface area contributed by atoms with Crippen LogP contribution in [0.4, 0.5) is 4.79 Å². The number of rotatable bonds is 3. The molecule has 1 heterocycles. The highest BCUT2D eigenvalue weighted by Crippen LogP contribution is 2.30. The van der Waals surface area contributed by atoms with Crippen molar-refractivity contribution in [3.63, 3.8) is 0 Å². The highest BCUT2D eigenvalue weighted by atomic mass is 127. The first-order valence-electron chi connectivity index (χ1n) is 5.80. The third-order valence-electron chi connectivity index (χ3n) is 2.71. The summed E-state index contributed by atoms with van der Waals surface area (Å²) in [6.07, 6.45) is 6.82. The number of halogens is 2. The van der Waals surface area contributed by atoms with Gasteiger partial charge in [0, 0.05) is 7.05 Å². The van der Waals surface area contributed by atoms with Gasteiger partial charge in [0.2, 0.25) is 0 Å². The molecule has 0 aliphatic carbocycles. The van der Waals surface area contributed by atoms with Crippen LogP contribution in [-0.2, 0) is 4.79 Å². The summed E-state index contributed by atoms with van der Waals surface area (Å²) < 4.78 is 7.24. The fraction of sp³-hybridized carbons (Fsp3) is 0.143. The van der Waals surface area contributed by atoms with E-state index < -0.39 is 6.03 Å². The van der Waals surface area contributed by atoms with E-state index in [2.05, 4.69) is 56.4 Å². The molecule has 1 fully saturated rings. The van der Waals surface area contributed by atoms with E-state index in [0.29, 0.717) is 0 Å². The van der Waals surface area contributed by atoms with Crippen LogP contribution in [0.5, 0.6) is 5.75 Å². The number of terminal acetylenes is 1. The van der Waals surface area contributed by atoms with Crippen LogP contribution in [0.25, 0.3) is 6.08 Å². The number of ether oxygens (including phenoxy) is 1. The van der Waals surface area contributed by atoms with Crippen molar-refractivity contribution in [3.05, 3.63) is 30.5 Å². The molecule has 108 valence electrons. The molecule has 1 saturated heterocycles. The van der Waals surface area contributed by atoms with Crippen molar-refractivity contribution in [2.75, 3.05) is 13.7 Å². The second-order valence-corrected chi connectivity index (χ2v) is 6.48. The molecule has 1 N–H and O–H groups in total. The molecule has 7 heteroatoms. The number of amides is 3. The van der Waals surface area contributed by atoms with Crippen LogP contribution in [0.2, 0.25) is 0 Å². The van der Waals surface area contributed by atoms with E-state index in [1.165, 1.54) is 7.05 Å². The maximum absolute atomic E-state index is 11.8. The average molecular weight is 508 g/mol. The monoisotopic (exact) mass is 508 g/mol. The normalized spacial score (nSPS) is 16.1. The van der Waals surface area contributed by atoms with Crippen molar-refractivity contribution in [1.29, 1.82) is 0 Å². The van der Waals surface area contributed by atoms with Gasteiger partial charge in [-0.1, -0.05) is 5.92 Å². The molecule has 1 aromatic rings. The zero-order valence-electron chi connectivity index (χ0n) is 10.9.